The smallest absolute Gasteiger partial charge is 0.256 e. The molecule has 0 saturated carbocycles. The molecule has 2 aromatic carbocycles. The summed E-state index contributed by atoms with van der Waals surface area (Å²) in [5.41, 5.74) is 1.98. The van der Waals surface area contributed by atoms with Crippen LogP contribution in [0, 0.1) is 5.82 Å². The third kappa shape index (κ3) is 3.71. The Kier molecular flexibility index (Phi) is 5.12. The number of nitrogens with one attached hydrogen (secondary N) is 1. The zero-order valence-corrected chi connectivity index (χ0v) is 14.2. The molecule has 1 fully saturated rings. The maximum absolute atomic E-state index is 13.8. The minimum Gasteiger partial charge on any atom is -0.371 e. The lowest BCUT2D eigenvalue weighted by Crippen LogP contribution is -2.34. The van der Waals surface area contributed by atoms with Crippen LogP contribution in [0.2, 0.25) is 0 Å². The first-order valence-electron chi connectivity index (χ1n) is 8.57. The van der Waals surface area contributed by atoms with Crippen molar-refractivity contribution >= 4 is 23.2 Å². The molecular weight excluding hydrogens is 319 g/mol. The fourth-order valence-electron chi connectivity index (χ4n) is 2.97. The molecule has 3 rings (SSSR count). The van der Waals surface area contributed by atoms with Crippen molar-refractivity contribution in [1.82, 2.24) is 0 Å². The molecule has 1 N–H and O–H groups in total. The topological polar surface area (TPSA) is 49.4 Å². The highest BCUT2D eigenvalue weighted by Gasteiger charge is 2.39. The lowest BCUT2D eigenvalue weighted by Gasteiger charge is -2.16. The van der Waals surface area contributed by atoms with Crippen molar-refractivity contribution < 1.29 is 14.0 Å². The summed E-state index contributed by atoms with van der Waals surface area (Å²) in [6.45, 7) is 2.14. The molecule has 0 aromatic heterocycles. The fourth-order valence-corrected chi connectivity index (χ4v) is 2.97. The second-order valence-electron chi connectivity index (χ2n) is 6.22. The number of aryl methyl sites for hydroxylation is 1. The number of hydrogen-bond acceptors (Lipinski definition) is 3. The van der Waals surface area contributed by atoms with Crippen LogP contribution in [0.1, 0.15) is 31.7 Å². The number of rotatable bonds is 6. The van der Waals surface area contributed by atoms with Crippen molar-refractivity contribution in [3.8, 4) is 0 Å². The number of imide groups is 1. The number of carbonyl (C=O) groups excluding carboxylic acids is 2. The van der Waals surface area contributed by atoms with Gasteiger partial charge in [-0.2, -0.15) is 0 Å². The van der Waals surface area contributed by atoms with E-state index in [9.17, 15) is 14.0 Å². The molecule has 1 heterocycles. The number of halogens is 1. The van der Waals surface area contributed by atoms with Crippen LogP contribution in [0.5, 0.6) is 0 Å². The minimum absolute atomic E-state index is 0.0186. The van der Waals surface area contributed by atoms with Crippen LogP contribution in [0.25, 0.3) is 0 Å². The fraction of sp³-hybridized carbons (Fsp3) is 0.300. The van der Waals surface area contributed by atoms with Crippen molar-refractivity contribution in [2.24, 2.45) is 0 Å². The van der Waals surface area contributed by atoms with Gasteiger partial charge >= 0.3 is 0 Å². The van der Waals surface area contributed by atoms with Gasteiger partial charge in [-0.15, -0.1) is 0 Å². The molecule has 5 heteroatoms. The molecule has 0 bridgehead atoms. The number of unbranched alkanes of at least 4 members (excludes halogenated alkanes) is 1. The predicted octanol–water partition coefficient (Wildman–Crippen LogP) is 3.91. The zero-order valence-electron chi connectivity index (χ0n) is 14.2. The van der Waals surface area contributed by atoms with Gasteiger partial charge in [0.15, 0.2) is 0 Å². The number of amides is 2. The Morgan fingerprint density at radius 3 is 2.52 bits per heavy atom. The predicted molar refractivity (Wildman–Crippen MR) is 96.0 cm³/mol. The molecule has 2 aromatic rings. The molecule has 0 aliphatic carbocycles. The molecule has 25 heavy (non-hydrogen) atoms. The van der Waals surface area contributed by atoms with Gasteiger partial charge in [0.05, 0.1) is 17.8 Å². The van der Waals surface area contributed by atoms with E-state index in [4.69, 9.17) is 0 Å². The summed E-state index contributed by atoms with van der Waals surface area (Å²) in [5.74, 6) is -1.07. The molecule has 1 aliphatic heterocycles. The van der Waals surface area contributed by atoms with E-state index < -0.39 is 11.9 Å². The average Bonchev–Trinajstić information content (AvgIpc) is 2.89. The maximum atomic E-state index is 13.8. The van der Waals surface area contributed by atoms with Gasteiger partial charge in [-0.05, 0) is 42.7 Å². The summed E-state index contributed by atoms with van der Waals surface area (Å²) in [7, 11) is 0. The Bertz CT molecular complexity index is 774. The zero-order chi connectivity index (χ0) is 17.8. The van der Waals surface area contributed by atoms with Gasteiger partial charge in [0, 0.05) is 0 Å². The molecule has 130 valence electrons. The highest BCUT2D eigenvalue weighted by Crippen LogP contribution is 2.26. The summed E-state index contributed by atoms with van der Waals surface area (Å²) in [4.78, 5) is 26.1. The van der Waals surface area contributed by atoms with Gasteiger partial charge in [-0.3, -0.25) is 9.59 Å². The van der Waals surface area contributed by atoms with Crippen LogP contribution in [0.3, 0.4) is 0 Å². The largest absolute Gasteiger partial charge is 0.371 e. The van der Waals surface area contributed by atoms with E-state index >= 15 is 0 Å². The van der Waals surface area contributed by atoms with Crippen molar-refractivity contribution in [2.45, 2.75) is 38.6 Å². The van der Waals surface area contributed by atoms with Gasteiger partial charge in [-0.25, -0.2) is 9.29 Å². The molecule has 0 radical (unpaired) electrons. The van der Waals surface area contributed by atoms with Crippen LogP contribution in [0.15, 0.2) is 48.5 Å². The van der Waals surface area contributed by atoms with Crippen molar-refractivity contribution in [3.63, 3.8) is 0 Å². The second kappa shape index (κ2) is 7.47. The van der Waals surface area contributed by atoms with E-state index in [1.54, 1.807) is 30.3 Å². The van der Waals surface area contributed by atoms with Crippen molar-refractivity contribution in [3.05, 3.63) is 59.9 Å². The lowest BCUT2D eigenvalue weighted by atomic mass is 10.1. The molecule has 1 aliphatic rings. The Balaban J connectivity index is 1.74. The number of anilines is 2. The van der Waals surface area contributed by atoms with E-state index in [0.717, 1.165) is 19.3 Å². The van der Waals surface area contributed by atoms with Crippen LogP contribution in [-0.4, -0.2) is 17.9 Å². The number of nitrogens with zero attached hydrogens (tertiary/aromatic N) is 1. The molecule has 4 nitrogen and oxygen atoms in total. The summed E-state index contributed by atoms with van der Waals surface area (Å²) in [6, 6.07) is 12.9. The first-order chi connectivity index (χ1) is 12.1. The summed E-state index contributed by atoms with van der Waals surface area (Å²) >= 11 is 0. The standard InChI is InChI=1S/C20H21FN2O2/c1-2-3-6-14-9-11-15(12-10-14)23-19(24)13-18(20(23)25)22-17-8-5-4-7-16(17)21/h4-5,7-12,18,22H,2-3,6,13H2,1H3. The highest BCUT2D eigenvalue weighted by molar-refractivity contribution is 6.23. The molecule has 0 spiro atoms. The van der Waals surface area contributed by atoms with Crippen molar-refractivity contribution in [2.75, 3.05) is 10.2 Å². The second-order valence-corrected chi connectivity index (χ2v) is 6.22. The Hall–Kier alpha value is -2.69. The summed E-state index contributed by atoms with van der Waals surface area (Å²) in [5, 5.41) is 2.84. The number of hydrogen-bond donors (Lipinski definition) is 1. The van der Waals surface area contributed by atoms with Crippen LogP contribution in [-0.2, 0) is 16.0 Å². The van der Waals surface area contributed by atoms with E-state index in [1.807, 2.05) is 12.1 Å². The quantitative estimate of drug-likeness (QED) is 0.811. The molecule has 1 atom stereocenters. The summed E-state index contributed by atoms with van der Waals surface area (Å²) in [6.07, 6.45) is 3.23. The van der Waals surface area contributed by atoms with Crippen molar-refractivity contribution in [1.29, 1.82) is 0 Å². The molecule has 1 saturated heterocycles. The monoisotopic (exact) mass is 340 g/mol. The van der Waals surface area contributed by atoms with Crippen LogP contribution in [0.4, 0.5) is 15.8 Å². The number of para-hydroxylation sites is 1. The van der Waals surface area contributed by atoms with Crippen LogP contribution >= 0.6 is 0 Å². The SMILES string of the molecule is CCCCc1ccc(N2C(=O)CC(Nc3ccccc3F)C2=O)cc1. The third-order valence-electron chi connectivity index (χ3n) is 4.36. The Morgan fingerprint density at radius 2 is 1.84 bits per heavy atom. The van der Waals surface area contributed by atoms with E-state index in [0.29, 0.717) is 5.69 Å². The average molecular weight is 340 g/mol. The van der Waals surface area contributed by atoms with Gasteiger partial charge in [0.25, 0.3) is 5.91 Å². The lowest BCUT2D eigenvalue weighted by molar-refractivity contribution is -0.121. The normalized spacial score (nSPS) is 17.2. The number of carbonyl (C=O) groups is 2. The first kappa shape index (κ1) is 17.1. The Morgan fingerprint density at radius 1 is 1.12 bits per heavy atom. The first-order valence-corrected chi connectivity index (χ1v) is 8.57. The molecule has 2 amide bonds. The van der Waals surface area contributed by atoms with Gasteiger partial charge in [0.1, 0.15) is 11.9 Å². The Labute approximate surface area is 146 Å². The van der Waals surface area contributed by atoms with Gasteiger partial charge in [0.2, 0.25) is 5.91 Å². The number of benzene rings is 2. The molecule has 1 unspecified atom stereocenters. The highest BCUT2D eigenvalue weighted by atomic mass is 19.1. The van der Waals surface area contributed by atoms with E-state index in [-0.39, 0.29) is 23.9 Å². The van der Waals surface area contributed by atoms with E-state index in [2.05, 4.69) is 12.2 Å². The van der Waals surface area contributed by atoms with Gasteiger partial charge in [-0.1, -0.05) is 37.6 Å². The van der Waals surface area contributed by atoms with Gasteiger partial charge < -0.3 is 5.32 Å². The minimum atomic E-state index is -0.746. The molecular formula is C20H21FN2O2. The summed E-state index contributed by atoms with van der Waals surface area (Å²) < 4.78 is 13.8. The maximum Gasteiger partial charge on any atom is 0.256 e. The third-order valence-corrected chi connectivity index (χ3v) is 4.36. The van der Waals surface area contributed by atoms with E-state index in [1.165, 1.54) is 16.5 Å². The van der Waals surface area contributed by atoms with Crippen LogP contribution < -0.4 is 10.2 Å².